The summed E-state index contributed by atoms with van der Waals surface area (Å²) in [4.78, 5) is 4.52. The SMILES string of the molecule is CNS(=O)(=O)c1ccc(-c2csc(Nc3ccc(C(F)(F)F)cc3)n2)cc1. The van der Waals surface area contributed by atoms with E-state index in [2.05, 4.69) is 15.0 Å². The van der Waals surface area contributed by atoms with Gasteiger partial charge in [0, 0.05) is 16.6 Å². The molecule has 0 saturated heterocycles. The van der Waals surface area contributed by atoms with Crippen molar-refractivity contribution < 1.29 is 21.6 Å². The van der Waals surface area contributed by atoms with Crippen LogP contribution in [0.15, 0.2) is 58.8 Å². The van der Waals surface area contributed by atoms with Gasteiger partial charge in [-0.05, 0) is 43.4 Å². The first-order valence-electron chi connectivity index (χ1n) is 7.63. The lowest BCUT2D eigenvalue weighted by Gasteiger charge is -2.07. The Morgan fingerprint density at radius 1 is 1.00 bits per heavy atom. The number of benzene rings is 2. The van der Waals surface area contributed by atoms with E-state index in [0.717, 1.165) is 17.7 Å². The smallest absolute Gasteiger partial charge is 0.332 e. The van der Waals surface area contributed by atoms with Gasteiger partial charge >= 0.3 is 6.18 Å². The van der Waals surface area contributed by atoms with Crippen LogP contribution in [-0.4, -0.2) is 20.4 Å². The van der Waals surface area contributed by atoms with Gasteiger partial charge < -0.3 is 5.32 Å². The molecule has 1 heterocycles. The summed E-state index contributed by atoms with van der Waals surface area (Å²) in [6.07, 6.45) is -4.38. The molecule has 0 radical (unpaired) electrons. The summed E-state index contributed by atoms with van der Waals surface area (Å²) in [5, 5.41) is 5.23. The first-order valence-corrected chi connectivity index (χ1v) is 9.99. The monoisotopic (exact) mass is 413 g/mol. The molecule has 3 rings (SSSR count). The standard InChI is InChI=1S/C17H14F3N3O2S2/c1-21-27(24,25)14-8-2-11(3-9-14)15-10-26-16(23-15)22-13-6-4-12(5-7-13)17(18,19)20/h2-10,21H,1H3,(H,22,23). The van der Waals surface area contributed by atoms with Gasteiger partial charge in [0.15, 0.2) is 5.13 Å². The van der Waals surface area contributed by atoms with Gasteiger partial charge in [0.2, 0.25) is 10.0 Å². The maximum absolute atomic E-state index is 12.6. The second-order valence-corrected chi connectivity index (χ2v) is 8.21. The van der Waals surface area contributed by atoms with Crippen molar-refractivity contribution in [3.63, 3.8) is 0 Å². The van der Waals surface area contributed by atoms with Crippen molar-refractivity contribution in [2.45, 2.75) is 11.1 Å². The Kier molecular flexibility index (Phi) is 5.22. The van der Waals surface area contributed by atoms with Crippen LogP contribution in [0.4, 0.5) is 24.0 Å². The van der Waals surface area contributed by atoms with Crippen LogP contribution in [0.3, 0.4) is 0 Å². The van der Waals surface area contributed by atoms with Crippen LogP contribution in [0.2, 0.25) is 0 Å². The molecule has 1 aromatic heterocycles. The van der Waals surface area contributed by atoms with Crippen molar-refractivity contribution in [1.29, 1.82) is 0 Å². The number of alkyl halides is 3. The van der Waals surface area contributed by atoms with Gasteiger partial charge in [-0.25, -0.2) is 18.1 Å². The molecule has 2 N–H and O–H groups in total. The molecule has 0 bridgehead atoms. The summed E-state index contributed by atoms with van der Waals surface area (Å²) in [6, 6.07) is 10.9. The fourth-order valence-electron chi connectivity index (χ4n) is 2.25. The second kappa shape index (κ2) is 7.29. The molecule has 0 aliphatic heterocycles. The number of sulfonamides is 1. The Morgan fingerprint density at radius 3 is 2.19 bits per heavy atom. The Morgan fingerprint density at radius 2 is 1.63 bits per heavy atom. The van der Waals surface area contributed by atoms with E-state index in [1.54, 1.807) is 17.5 Å². The van der Waals surface area contributed by atoms with E-state index in [-0.39, 0.29) is 4.90 Å². The quantitative estimate of drug-likeness (QED) is 0.647. The van der Waals surface area contributed by atoms with E-state index in [1.807, 2.05) is 0 Å². The lowest BCUT2D eigenvalue weighted by atomic mass is 10.2. The number of hydrogen-bond acceptors (Lipinski definition) is 5. The summed E-state index contributed by atoms with van der Waals surface area (Å²) >= 11 is 1.29. The summed E-state index contributed by atoms with van der Waals surface area (Å²) in [7, 11) is -2.17. The van der Waals surface area contributed by atoms with Gasteiger partial charge in [-0.15, -0.1) is 11.3 Å². The number of aromatic nitrogens is 1. The molecule has 0 aliphatic carbocycles. The molecule has 0 unspecified atom stereocenters. The molecule has 10 heteroatoms. The second-order valence-electron chi connectivity index (χ2n) is 5.47. The van der Waals surface area contributed by atoms with Crippen molar-refractivity contribution in [2.24, 2.45) is 0 Å². The summed E-state index contributed by atoms with van der Waals surface area (Å²) in [5.74, 6) is 0. The zero-order valence-electron chi connectivity index (χ0n) is 13.9. The van der Waals surface area contributed by atoms with Gasteiger partial charge in [0.05, 0.1) is 16.2 Å². The number of thiazole rings is 1. The summed E-state index contributed by atoms with van der Waals surface area (Å²) < 4.78 is 63.5. The molecule has 0 saturated carbocycles. The molecule has 3 aromatic rings. The minimum atomic E-state index is -4.38. The highest BCUT2D eigenvalue weighted by Gasteiger charge is 2.29. The molecule has 142 valence electrons. The maximum Gasteiger partial charge on any atom is 0.416 e. The molecular formula is C17H14F3N3O2S2. The highest BCUT2D eigenvalue weighted by molar-refractivity contribution is 7.89. The molecule has 0 atom stereocenters. The lowest BCUT2D eigenvalue weighted by molar-refractivity contribution is -0.137. The van der Waals surface area contributed by atoms with Crippen molar-refractivity contribution in [2.75, 3.05) is 12.4 Å². The zero-order chi connectivity index (χ0) is 19.7. The van der Waals surface area contributed by atoms with Gasteiger partial charge in [-0.3, -0.25) is 0 Å². The molecule has 0 aliphatic rings. The van der Waals surface area contributed by atoms with Crippen LogP contribution in [-0.2, 0) is 16.2 Å². The topological polar surface area (TPSA) is 71.1 Å². The Labute approximate surface area is 157 Å². The number of nitrogens with one attached hydrogen (secondary N) is 2. The Hall–Kier alpha value is -2.43. The number of anilines is 2. The van der Waals surface area contributed by atoms with E-state index >= 15 is 0 Å². The molecule has 0 amide bonds. The van der Waals surface area contributed by atoms with Crippen LogP contribution >= 0.6 is 11.3 Å². The predicted octanol–water partition coefficient (Wildman–Crippen LogP) is 4.48. The van der Waals surface area contributed by atoms with Crippen molar-refractivity contribution in [1.82, 2.24) is 9.71 Å². The highest BCUT2D eigenvalue weighted by atomic mass is 32.2. The van der Waals surface area contributed by atoms with E-state index in [9.17, 15) is 21.6 Å². The molecule has 0 spiro atoms. The maximum atomic E-state index is 12.6. The van der Waals surface area contributed by atoms with Crippen LogP contribution in [0, 0.1) is 0 Å². The van der Waals surface area contributed by atoms with E-state index in [1.165, 1.54) is 42.6 Å². The fourth-order valence-corrected chi connectivity index (χ4v) is 3.72. The number of rotatable bonds is 5. The van der Waals surface area contributed by atoms with Crippen LogP contribution in [0.25, 0.3) is 11.3 Å². The summed E-state index contributed by atoms with van der Waals surface area (Å²) in [6.45, 7) is 0. The van der Waals surface area contributed by atoms with Gasteiger partial charge in [-0.2, -0.15) is 13.2 Å². The zero-order valence-corrected chi connectivity index (χ0v) is 15.5. The number of nitrogens with zero attached hydrogens (tertiary/aromatic N) is 1. The molecule has 2 aromatic carbocycles. The Balaban J connectivity index is 1.75. The van der Waals surface area contributed by atoms with Crippen molar-refractivity contribution >= 4 is 32.2 Å². The predicted molar refractivity (Wildman–Crippen MR) is 98.5 cm³/mol. The molecule has 5 nitrogen and oxygen atoms in total. The van der Waals surface area contributed by atoms with Crippen LogP contribution in [0.1, 0.15) is 5.56 Å². The molecule has 0 fully saturated rings. The Bertz CT molecular complexity index is 1030. The molecule has 27 heavy (non-hydrogen) atoms. The van der Waals surface area contributed by atoms with Crippen molar-refractivity contribution in [3.8, 4) is 11.3 Å². The van der Waals surface area contributed by atoms with E-state index in [4.69, 9.17) is 0 Å². The number of hydrogen-bond donors (Lipinski definition) is 2. The number of halogens is 3. The normalized spacial score (nSPS) is 12.1. The van der Waals surface area contributed by atoms with E-state index < -0.39 is 21.8 Å². The molecular weight excluding hydrogens is 399 g/mol. The largest absolute Gasteiger partial charge is 0.416 e. The van der Waals surface area contributed by atoms with Gasteiger partial charge in [-0.1, -0.05) is 12.1 Å². The van der Waals surface area contributed by atoms with Crippen LogP contribution < -0.4 is 10.0 Å². The average Bonchev–Trinajstić information content (AvgIpc) is 3.10. The van der Waals surface area contributed by atoms with E-state index in [0.29, 0.717) is 16.5 Å². The van der Waals surface area contributed by atoms with Crippen molar-refractivity contribution in [3.05, 3.63) is 59.5 Å². The average molecular weight is 413 g/mol. The fraction of sp³-hybridized carbons (Fsp3) is 0.118. The third-order valence-corrected chi connectivity index (χ3v) is 5.88. The highest BCUT2D eigenvalue weighted by Crippen LogP contribution is 2.31. The van der Waals surface area contributed by atoms with Gasteiger partial charge in [0.25, 0.3) is 0 Å². The summed E-state index contributed by atoms with van der Waals surface area (Å²) in [5.41, 5.74) is 1.12. The first kappa shape index (κ1) is 19.3. The minimum Gasteiger partial charge on any atom is -0.332 e. The van der Waals surface area contributed by atoms with Crippen LogP contribution in [0.5, 0.6) is 0 Å². The lowest BCUT2D eigenvalue weighted by Crippen LogP contribution is -2.18. The third kappa shape index (κ3) is 4.46. The third-order valence-electron chi connectivity index (χ3n) is 3.70. The van der Waals surface area contributed by atoms with Gasteiger partial charge in [0.1, 0.15) is 0 Å². The minimum absolute atomic E-state index is 0.145. The first-order chi connectivity index (χ1) is 12.7.